The van der Waals surface area contributed by atoms with Crippen molar-refractivity contribution in [3.05, 3.63) is 29.6 Å². The van der Waals surface area contributed by atoms with Crippen LogP contribution in [0, 0.1) is 6.92 Å². The highest BCUT2D eigenvalue weighted by Crippen LogP contribution is 2.18. The fraction of sp³-hybridized carbons (Fsp3) is 0.462. The molecule has 1 N–H and O–H groups in total. The van der Waals surface area contributed by atoms with Crippen LogP contribution in [-0.4, -0.2) is 59.4 Å². The number of hydrogen-bond donors (Lipinski definition) is 1. The summed E-state index contributed by atoms with van der Waals surface area (Å²) in [5, 5.41) is 8.91. The second-order valence-corrected chi connectivity index (χ2v) is 7.26. The topological polar surface area (TPSA) is 105 Å². The Bertz CT molecular complexity index is 671. The number of aliphatic carboxylic acids is 1. The van der Waals surface area contributed by atoms with Crippen molar-refractivity contribution in [3.63, 3.8) is 0 Å². The van der Waals surface area contributed by atoms with Gasteiger partial charge in [-0.25, -0.2) is 8.42 Å². The highest BCUT2D eigenvalue weighted by Gasteiger charge is 2.36. The molecule has 1 saturated heterocycles. The number of hydrogen-bond acceptors (Lipinski definition) is 5. The van der Waals surface area contributed by atoms with Crippen LogP contribution in [0.2, 0.25) is 0 Å². The molecule has 114 valence electrons. The lowest BCUT2D eigenvalue weighted by Crippen LogP contribution is -2.52. The summed E-state index contributed by atoms with van der Waals surface area (Å²) < 4.78 is 23.3. The van der Waals surface area contributed by atoms with Gasteiger partial charge in [-0.2, -0.15) is 0 Å². The van der Waals surface area contributed by atoms with Crippen LogP contribution in [0.5, 0.6) is 0 Å². The summed E-state index contributed by atoms with van der Waals surface area (Å²) in [4.78, 5) is 28.7. The molecule has 0 aromatic carbocycles. The molecule has 1 aliphatic heterocycles. The van der Waals surface area contributed by atoms with E-state index in [-0.39, 0.29) is 23.7 Å². The Morgan fingerprint density at radius 2 is 2.19 bits per heavy atom. The van der Waals surface area contributed by atoms with Crippen LogP contribution in [0.1, 0.15) is 22.5 Å². The van der Waals surface area contributed by atoms with Gasteiger partial charge in [0.2, 0.25) is 0 Å². The van der Waals surface area contributed by atoms with Crippen molar-refractivity contribution in [2.75, 3.05) is 18.1 Å². The summed E-state index contributed by atoms with van der Waals surface area (Å²) in [7, 11) is -3.31. The number of nitrogens with zero attached hydrogens (tertiary/aromatic N) is 2. The van der Waals surface area contributed by atoms with E-state index in [1.54, 1.807) is 19.1 Å². The number of carbonyl (C=O) groups is 2. The molecule has 1 aromatic heterocycles. The van der Waals surface area contributed by atoms with E-state index in [0.717, 1.165) is 0 Å². The predicted octanol–water partition coefficient (Wildman–Crippen LogP) is 0.104. The molecule has 1 aromatic rings. The standard InChI is InChI=1S/C13H16N2O5S/c1-9-3-2-4-14-12(9)13(18)15-5-6-21(19,20)8-10(15)7-11(16)17/h2-4,10H,5-8H2,1H3,(H,16,17). The minimum atomic E-state index is -3.31. The molecule has 21 heavy (non-hydrogen) atoms. The molecule has 8 heteroatoms. The van der Waals surface area contributed by atoms with Gasteiger partial charge in [0.1, 0.15) is 5.69 Å². The molecule has 1 fully saturated rings. The van der Waals surface area contributed by atoms with Crippen LogP contribution in [0.25, 0.3) is 0 Å². The van der Waals surface area contributed by atoms with E-state index in [9.17, 15) is 18.0 Å². The van der Waals surface area contributed by atoms with Gasteiger partial charge in [0.05, 0.1) is 24.0 Å². The van der Waals surface area contributed by atoms with Gasteiger partial charge in [-0.1, -0.05) is 6.07 Å². The first-order valence-electron chi connectivity index (χ1n) is 6.45. The van der Waals surface area contributed by atoms with Gasteiger partial charge in [0.25, 0.3) is 5.91 Å². The van der Waals surface area contributed by atoms with Crippen molar-refractivity contribution >= 4 is 21.7 Å². The monoisotopic (exact) mass is 312 g/mol. The second kappa shape index (κ2) is 5.80. The largest absolute Gasteiger partial charge is 0.481 e. The summed E-state index contributed by atoms with van der Waals surface area (Å²) in [5.41, 5.74) is 0.900. The third kappa shape index (κ3) is 3.57. The minimum absolute atomic E-state index is 0.00483. The number of sulfone groups is 1. The Kier molecular flexibility index (Phi) is 4.26. The van der Waals surface area contributed by atoms with Crippen LogP contribution in [0.3, 0.4) is 0 Å². The number of pyridine rings is 1. The molecule has 1 unspecified atom stereocenters. The summed E-state index contributed by atoms with van der Waals surface area (Å²) >= 11 is 0. The van der Waals surface area contributed by atoms with Gasteiger partial charge in [-0.15, -0.1) is 0 Å². The maximum Gasteiger partial charge on any atom is 0.305 e. The normalized spacial score (nSPS) is 21.0. The Morgan fingerprint density at radius 1 is 1.48 bits per heavy atom. The Labute approximate surface area is 122 Å². The quantitative estimate of drug-likeness (QED) is 0.849. The van der Waals surface area contributed by atoms with E-state index in [1.165, 1.54) is 11.1 Å². The third-order valence-corrected chi connectivity index (χ3v) is 5.11. The Morgan fingerprint density at radius 3 is 2.81 bits per heavy atom. The average molecular weight is 312 g/mol. The lowest BCUT2D eigenvalue weighted by molar-refractivity contribution is -0.138. The molecule has 2 heterocycles. The van der Waals surface area contributed by atoms with E-state index in [2.05, 4.69) is 4.98 Å². The number of carbonyl (C=O) groups excluding carboxylic acids is 1. The number of aryl methyl sites for hydroxylation is 1. The SMILES string of the molecule is Cc1cccnc1C(=O)N1CCS(=O)(=O)CC1CC(=O)O. The number of carboxylic acid groups (broad SMARTS) is 1. The first kappa shape index (κ1) is 15.4. The summed E-state index contributed by atoms with van der Waals surface area (Å²) in [6.07, 6.45) is 1.09. The molecule has 1 aliphatic rings. The zero-order valence-electron chi connectivity index (χ0n) is 11.5. The molecule has 0 radical (unpaired) electrons. The predicted molar refractivity (Wildman–Crippen MR) is 74.7 cm³/mol. The summed E-state index contributed by atoms with van der Waals surface area (Å²) in [5.74, 6) is -2.03. The second-order valence-electron chi connectivity index (χ2n) is 5.03. The maximum absolute atomic E-state index is 12.5. The zero-order chi connectivity index (χ0) is 15.6. The average Bonchev–Trinajstić information content (AvgIpc) is 2.37. The molecule has 7 nitrogen and oxygen atoms in total. The minimum Gasteiger partial charge on any atom is -0.481 e. The number of amides is 1. The van der Waals surface area contributed by atoms with Crippen LogP contribution in [-0.2, 0) is 14.6 Å². The van der Waals surface area contributed by atoms with Gasteiger partial charge < -0.3 is 10.0 Å². The van der Waals surface area contributed by atoms with E-state index in [4.69, 9.17) is 5.11 Å². The Balaban J connectivity index is 2.29. The van der Waals surface area contributed by atoms with Crippen molar-refractivity contribution in [3.8, 4) is 0 Å². The molecule has 0 spiro atoms. The molecule has 1 atom stereocenters. The molecule has 1 amide bonds. The van der Waals surface area contributed by atoms with Crippen LogP contribution < -0.4 is 0 Å². The van der Waals surface area contributed by atoms with E-state index in [1.807, 2.05) is 0 Å². The van der Waals surface area contributed by atoms with Crippen molar-refractivity contribution in [2.24, 2.45) is 0 Å². The first-order valence-corrected chi connectivity index (χ1v) is 8.27. The van der Waals surface area contributed by atoms with Crippen molar-refractivity contribution < 1.29 is 23.1 Å². The third-order valence-electron chi connectivity index (χ3n) is 3.41. The zero-order valence-corrected chi connectivity index (χ0v) is 12.3. The Hall–Kier alpha value is -1.96. The van der Waals surface area contributed by atoms with Crippen molar-refractivity contribution in [2.45, 2.75) is 19.4 Å². The molecular weight excluding hydrogens is 296 g/mol. The van der Waals surface area contributed by atoms with Crippen LogP contribution >= 0.6 is 0 Å². The van der Waals surface area contributed by atoms with Crippen molar-refractivity contribution in [1.82, 2.24) is 9.88 Å². The molecule has 0 aliphatic carbocycles. The van der Waals surface area contributed by atoms with E-state index in [0.29, 0.717) is 5.56 Å². The summed E-state index contributed by atoms with van der Waals surface area (Å²) in [6.45, 7) is 1.72. The highest BCUT2D eigenvalue weighted by molar-refractivity contribution is 7.91. The van der Waals surface area contributed by atoms with Crippen LogP contribution in [0.4, 0.5) is 0 Å². The highest BCUT2D eigenvalue weighted by atomic mass is 32.2. The smallest absolute Gasteiger partial charge is 0.305 e. The van der Waals surface area contributed by atoms with Gasteiger partial charge in [0, 0.05) is 12.7 Å². The van der Waals surface area contributed by atoms with E-state index >= 15 is 0 Å². The van der Waals surface area contributed by atoms with Crippen LogP contribution in [0.15, 0.2) is 18.3 Å². The van der Waals surface area contributed by atoms with E-state index < -0.39 is 34.2 Å². The maximum atomic E-state index is 12.5. The fourth-order valence-electron chi connectivity index (χ4n) is 2.37. The molecule has 0 bridgehead atoms. The molecule has 0 saturated carbocycles. The van der Waals surface area contributed by atoms with Gasteiger partial charge in [-0.05, 0) is 18.6 Å². The molecule has 2 rings (SSSR count). The number of rotatable bonds is 3. The van der Waals surface area contributed by atoms with Crippen molar-refractivity contribution in [1.29, 1.82) is 0 Å². The van der Waals surface area contributed by atoms with Gasteiger partial charge >= 0.3 is 5.97 Å². The van der Waals surface area contributed by atoms with Gasteiger partial charge in [-0.3, -0.25) is 14.6 Å². The molecular formula is C13H16N2O5S. The lowest BCUT2D eigenvalue weighted by atomic mass is 10.1. The fourth-order valence-corrected chi connectivity index (χ4v) is 3.90. The number of carboxylic acids is 1. The lowest BCUT2D eigenvalue weighted by Gasteiger charge is -2.34. The van der Waals surface area contributed by atoms with Gasteiger partial charge in [0.15, 0.2) is 9.84 Å². The number of aromatic nitrogens is 1. The summed E-state index contributed by atoms with van der Waals surface area (Å²) in [6, 6.07) is 2.57. The first-order chi connectivity index (χ1) is 9.80.